The van der Waals surface area contributed by atoms with Gasteiger partial charge in [-0.2, -0.15) is 0 Å². The molecule has 0 spiro atoms. The smallest absolute Gasteiger partial charge is 0.311 e. The Hall–Kier alpha value is -3.92. The van der Waals surface area contributed by atoms with Gasteiger partial charge in [-0.25, -0.2) is 0 Å². The molecule has 0 bridgehead atoms. The molecule has 0 aromatic heterocycles. The number of aryl methyl sites for hydroxylation is 4. The topological polar surface area (TPSA) is 132 Å². The highest BCUT2D eigenvalue weighted by atomic mass is 16.6. The number of hydrogen-bond donors (Lipinski definition) is 3. The molecule has 0 amide bonds. The second-order valence-electron chi connectivity index (χ2n) is 14.1. The van der Waals surface area contributed by atoms with E-state index < -0.39 is 0 Å². The lowest BCUT2D eigenvalue weighted by Crippen LogP contribution is -2.14. The van der Waals surface area contributed by atoms with Crippen molar-refractivity contribution in [2.45, 2.75) is 91.9 Å². The van der Waals surface area contributed by atoms with Gasteiger partial charge in [-0.1, -0.05) is 84.0 Å². The molecule has 0 aliphatic rings. The van der Waals surface area contributed by atoms with Crippen molar-refractivity contribution in [3.63, 3.8) is 0 Å². The minimum atomic E-state index is -0.270. The largest absolute Gasteiger partial charge is 0.507 e. The van der Waals surface area contributed by atoms with Gasteiger partial charge in [0.15, 0.2) is 0 Å². The van der Waals surface area contributed by atoms with Crippen molar-refractivity contribution in [1.82, 2.24) is 0 Å². The van der Waals surface area contributed by atoms with Crippen molar-refractivity contribution in [3.05, 3.63) is 88.0 Å². The Balaban J connectivity index is 0.000000342. The molecule has 0 saturated heterocycles. The number of hydrogen-bond acceptors (Lipinski definition) is 9. The van der Waals surface area contributed by atoms with Crippen LogP contribution in [0.15, 0.2) is 54.6 Å². The first-order valence-electron chi connectivity index (χ1n) is 16.9. The number of para-hydroxylation sites is 1. The van der Waals surface area contributed by atoms with E-state index in [-0.39, 0.29) is 42.4 Å². The van der Waals surface area contributed by atoms with Gasteiger partial charge in [0, 0.05) is 12.8 Å². The number of benzene rings is 3. The molecule has 0 fully saturated rings. The molecule has 0 aliphatic carbocycles. The molecule has 0 atom stereocenters. The fourth-order valence-corrected chi connectivity index (χ4v) is 4.98. The summed E-state index contributed by atoms with van der Waals surface area (Å²) < 4.78 is 20.8. The molecule has 49 heavy (non-hydrogen) atoms. The first kappa shape index (κ1) is 41.3. The van der Waals surface area contributed by atoms with Crippen molar-refractivity contribution in [3.8, 4) is 17.2 Å². The van der Waals surface area contributed by atoms with Gasteiger partial charge >= 0.3 is 11.9 Å². The Bertz CT molecular complexity index is 1470. The van der Waals surface area contributed by atoms with E-state index in [1.165, 1.54) is 0 Å². The Labute approximate surface area is 292 Å². The lowest BCUT2D eigenvalue weighted by molar-refractivity contribution is -0.145. The average molecular weight is 681 g/mol. The van der Waals surface area contributed by atoms with Gasteiger partial charge in [-0.15, -0.1) is 0 Å². The van der Waals surface area contributed by atoms with E-state index in [1.807, 2.05) is 77.1 Å². The van der Waals surface area contributed by atoms with Crippen molar-refractivity contribution in [2.24, 2.45) is 0 Å². The van der Waals surface area contributed by atoms with Crippen molar-refractivity contribution < 1.29 is 43.9 Å². The van der Waals surface area contributed by atoms with Crippen LogP contribution in [0.2, 0.25) is 0 Å². The van der Waals surface area contributed by atoms with Crippen LogP contribution in [0.25, 0.3) is 0 Å². The number of carbonyl (C=O) groups is 2. The number of aliphatic hydroxyl groups excluding tert-OH is 1. The quantitative estimate of drug-likeness (QED) is 0.0879. The highest BCUT2D eigenvalue weighted by Gasteiger charge is 2.21. The molecule has 3 rings (SSSR count). The molecule has 0 radical (unpaired) electrons. The lowest BCUT2D eigenvalue weighted by Gasteiger charge is -2.22. The van der Waals surface area contributed by atoms with Crippen LogP contribution >= 0.6 is 0 Å². The molecular weight excluding hydrogens is 624 g/mol. The average Bonchev–Trinajstić information content (AvgIpc) is 3.03. The molecular formula is C40H56O9. The van der Waals surface area contributed by atoms with E-state index in [4.69, 9.17) is 24.1 Å². The maximum absolute atomic E-state index is 11.9. The molecule has 3 N–H and O–H groups in total. The Morgan fingerprint density at radius 2 is 1.08 bits per heavy atom. The SMILES string of the molecule is Cc1cc(CCC(=O)OCCOCCOCCO)cc(C(C)(C)C)c1O.Cc1cc(CCC(=O)Oc2ccccc2)cc(C(C)(C)C)c1O. The minimum Gasteiger partial charge on any atom is -0.507 e. The number of phenolic OH excluding ortho intramolecular Hbond substituents is 2. The van der Waals surface area contributed by atoms with Crippen LogP contribution in [-0.4, -0.2) is 66.9 Å². The van der Waals surface area contributed by atoms with E-state index in [2.05, 4.69) is 20.8 Å². The maximum Gasteiger partial charge on any atom is 0.311 e. The third-order valence-corrected chi connectivity index (χ3v) is 7.65. The molecule has 270 valence electrons. The van der Waals surface area contributed by atoms with Crippen LogP contribution in [0.3, 0.4) is 0 Å². The first-order chi connectivity index (χ1) is 23.0. The molecule has 9 nitrogen and oxygen atoms in total. The molecule has 0 unspecified atom stereocenters. The highest BCUT2D eigenvalue weighted by Crippen LogP contribution is 2.35. The van der Waals surface area contributed by atoms with E-state index in [0.29, 0.717) is 62.9 Å². The fourth-order valence-electron chi connectivity index (χ4n) is 4.98. The van der Waals surface area contributed by atoms with Gasteiger partial charge in [0.2, 0.25) is 0 Å². The van der Waals surface area contributed by atoms with Crippen LogP contribution in [-0.2, 0) is 47.5 Å². The number of ether oxygens (including phenoxy) is 4. The van der Waals surface area contributed by atoms with E-state index >= 15 is 0 Å². The van der Waals surface area contributed by atoms with Crippen LogP contribution < -0.4 is 4.74 Å². The summed E-state index contributed by atoms with van der Waals surface area (Å²) in [6.07, 6.45) is 1.75. The number of phenols is 2. The maximum atomic E-state index is 11.9. The van der Waals surface area contributed by atoms with Crippen LogP contribution in [0.4, 0.5) is 0 Å². The van der Waals surface area contributed by atoms with Gasteiger partial charge in [-0.3, -0.25) is 9.59 Å². The normalized spacial score (nSPS) is 11.4. The Morgan fingerprint density at radius 3 is 1.55 bits per heavy atom. The van der Waals surface area contributed by atoms with Gasteiger partial charge in [0.1, 0.15) is 23.9 Å². The summed E-state index contributed by atoms with van der Waals surface area (Å²) in [6, 6.07) is 16.9. The van der Waals surface area contributed by atoms with Gasteiger partial charge < -0.3 is 34.3 Å². The molecule has 9 heteroatoms. The second-order valence-corrected chi connectivity index (χ2v) is 14.1. The summed E-state index contributed by atoms with van der Waals surface area (Å²) >= 11 is 0. The zero-order chi connectivity index (χ0) is 36.6. The number of aromatic hydroxyl groups is 2. The third-order valence-electron chi connectivity index (χ3n) is 7.65. The highest BCUT2D eigenvalue weighted by molar-refractivity contribution is 5.72. The number of aliphatic hydroxyl groups is 1. The summed E-state index contributed by atoms with van der Waals surface area (Å²) in [5.41, 5.74) is 5.19. The zero-order valence-electron chi connectivity index (χ0n) is 30.6. The summed E-state index contributed by atoms with van der Waals surface area (Å²) in [7, 11) is 0. The van der Waals surface area contributed by atoms with Crippen LogP contribution in [0, 0.1) is 13.8 Å². The molecule has 0 heterocycles. The fraction of sp³-hybridized carbons (Fsp3) is 0.500. The zero-order valence-corrected chi connectivity index (χ0v) is 30.6. The number of carbonyl (C=O) groups excluding carboxylic acids is 2. The van der Waals surface area contributed by atoms with Crippen molar-refractivity contribution >= 4 is 11.9 Å². The molecule has 3 aromatic rings. The Kier molecular flexibility index (Phi) is 16.8. The van der Waals surface area contributed by atoms with Crippen LogP contribution in [0.5, 0.6) is 17.2 Å². The first-order valence-corrected chi connectivity index (χ1v) is 16.9. The van der Waals surface area contributed by atoms with E-state index in [1.54, 1.807) is 12.1 Å². The summed E-state index contributed by atoms with van der Waals surface area (Å²) in [4.78, 5) is 23.8. The van der Waals surface area contributed by atoms with Gasteiger partial charge in [-0.05, 0) is 83.0 Å². The van der Waals surface area contributed by atoms with Gasteiger partial charge in [0.05, 0.1) is 33.0 Å². The second kappa shape index (κ2) is 19.9. The molecule has 0 saturated carbocycles. The number of rotatable bonds is 15. The molecule has 3 aromatic carbocycles. The lowest BCUT2D eigenvalue weighted by atomic mass is 9.83. The van der Waals surface area contributed by atoms with E-state index in [0.717, 1.165) is 33.4 Å². The van der Waals surface area contributed by atoms with Crippen molar-refractivity contribution in [1.29, 1.82) is 0 Å². The molecule has 0 aliphatic heterocycles. The summed E-state index contributed by atoms with van der Waals surface area (Å²) in [5, 5.41) is 29.0. The Morgan fingerprint density at radius 1 is 0.633 bits per heavy atom. The standard InChI is InChI=1S/C20H32O6.C20H24O3/c1-15-13-16(14-17(19(15)23)20(2,3)4)5-6-18(22)26-12-11-25-10-9-24-8-7-21;1-14-12-15(13-17(19(14)22)20(2,3)4)10-11-18(21)23-16-8-6-5-7-9-16/h13-14,21,23H,5-12H2,1-4H3;5-9,12-13,22H,10-11H2,1-4H3. The minimum absolute atomic E-state index is 0.00455. The van der Waals surface area contributed by atoms with E-state index in [9.17, 15) is 19.8 Å². The monoisotopic (exact) mass is 680 g/mol. The summed E-state index contributed by atoms with van der Waals surface area (Å²) in [5.74, 6) is 0.708. The van der Waals surface area contributed by atoms with Gasteiger partial charge in [0.25, 0.3) is 0 Å². The summed E-state index contributed by atoms with van der Waals surface area (Å²) in [6.45, 7) is 17.7. The predicted octanol–water partition coefficient (Wildman–Crippen LogP) is 7.04. The number of esters is 2. The third kappa shape index (κ3) is 15.0. The van der Waals surface area contributed by atoms with Crippen molar-refractivity contribution in [2.75, 3.05) is 39.6 Å². The predicted molar refractivity (Wildman–Crippen MR) is 191 cm³/mol. The van der Waals surface area contributed by atoms with Crippen LogP contribution in [0.1, 0.15) is 87.8 Å².